The van der Waals surface area contributed by atoms with Crippen molar-refractivity contribution in [3.63, 3.8) is 0 Å². The second-order valence-corrected chi connectivity index (χ2v) is 15.7. The molecule has 10 atom stereocenters. The van der Waals surface area contributed by atoms with Crippen molar-refractivity contribution in [2.75, 3.05) is 13.2 Å². The molecule has 41 heavy (non-hydrogen) atoms. The van der Waals surface area contributed by atoms with Gasteiger partial charge in [-0.25, -0.2) is 0 Å². The summed E-state index contributed by atoms with van der Waals surface area (Å²) in [5.41, 5.74) is 0.166. The molecule has 0 aromatic heterocycles. The lowest BCUT2D eigenvalue weighted by molar-refractivity contribution is -0.240. The van der Waals surface area contributed by atoms with Gasteiger partial charge in [0.15, 0.2) is 5.78 Å². The highest BCUT2D eigenvalue weighted by molar-refractivity contribution is 5.93. The van der Waals surface area contributed by atoms with Crippen molar-refractivity contribution in [2.45, 2.75) is 113 Å². The van der Waals surface area contributed by atoms with Crippen LogP contribution < -0.4 is 0 Å². The molecule has 0 aliphatic heterocycles. The van der Waals surface area contributed by atoms with Gasteiger partial charge in [0, 0.05) is 25.7 Å². The molecule has 0 N–H and O–H groups in total. The third-order valence-corrected chi connectivity index (χ3v) is 14.2. The molecule has 6 heteroatoms. The molecule has 0 heterocycles. The van der Waals surface area contributed by atoms with Gasteiger partial charge in [0.05, 0.1) is 12.0 Å². The summed E-state index contributed by atoms with van der Waals surface area (Å²) >= 11 is 0. The van der Waals surface area contributed by atoms with Gasteiger partial charge in [-0.1, -0.05) is 27.4 Å². The Hall–Kier alpha value is -1.98. The molecule has 0 saturated heterocycles. The topological polar surface area (TPSA) is 86.7 Å². The first-order valence-electron chi connectivity index (χ1n) is 16.1. The van der Waals surface area contributed by atoms with Crippen molar-refractivity contribution in [3.8, 4) is 0 Å². The summed E-state index contributed by atoms with van der Waals surface area (Å²) in [4.78, 5) is 49.8. The maximum absolute atomic E-state index is 13.4. The number of esters is 2. The minimum Gasteiger partial charge on any atom is -0.465 e. The third kappa shape index (κ3) is 4.31. The van der Waals surface area contributed by atoms with Crippen LogP contribution in [0.5, 0.6) is 0 Å². The number of allylic oxidation sites excluding steroid dienone is 1. The van der Waals surface area contributed by atoms with Crippen molar-refractivity contribution in [1.82, 2.24) is 0 Å². The van der Waals surface area contributed by atoms with Crippen LogP contribution in [0.3, 0.4) is 0 Å². The fraction of sp³-hybridized carbons (Fsp3) is 0.829. The van der Waals surface area contributed by atoms with Crippen LogP contribution in [0.25, 0.3) is 0 Å². The van der Waals surface area contributed by atoms with Gasteiger partial charge in [0.25, 0.3) is 0 Å². The minimum absolute atomic E-state index is 0.00583. The molecule has 6 nitrogen and oxygen atoms in total. The van der Waals surface area contributed by atoms with Gasteiger partial charge >= 0.3 is 11.9 Å². The van der Waals surface area contributed by atoms with Crippen molar-refractivity contribution in [1.29, 1.82) is 0 Å². The highest BCUT2D eigenvalue weighted by atomic mass is 16.5. The lowest BCUT2D eigenvalue weighted by Gasteiger charge is -2.72. The number of carbonyl (C=O) groups excluding carboxylic acids is 4. The Kier molecular flexibility index (Phi) is 7.47. The molecule has 0 bridgehead atoms. The van der Waals surface area contributed by atoms with Crippen LogP contribution in [0.15, 0.2) is 12.2 Å². The predicted molar refractivity (Wildman–Crippen MR) is 157 cm³/mol. The Morgan fingerprint density at radius 1 is 0.780 bits per heavy atom. The maximum Gasteiger partial charge on any atom is 0.302 e. The lowest BCUT2D eigenvalue weighted by Crippen LogP contribution is -2.67. The molecule has 5 aliphatic carbocycles. The van der Waals surface area contributed by atoms with Gasteiger partial charge in [0.2, 0.25) is 0 Å². The molecule has 228 valence electrons. The Balaban J connectivity index is 1.52. The van der Waals surface area contributed by atoms with E-state index in [4.69, 9.17) is 9.47 Å². The van der Waals surface area contributed by atoms with Crippen LogP contribution in [0.2, 0.25) is 0 Å². The number of hydrogen-bond donors (Lipinski definition) is 0. The Morgan fingerprint density at radius 2 is 1.44 bits per heavy atom. The first-order chi connectivity index (χ1) is 19.1. The monoisotopic (exact) mass is 568 g/mol. The first-order valence-corrected chi connectivity index (χ1v) is 16.1. The highest BCUT2D eigenvalue weighted by Gasteiger charge is 2.71. The highest BCUT2D eigenvalue weighted by Crippen LogP contribution is 2.77. The number of ether oxygens (including phenoxy) is 2. The Labute approximate surface area is 246 Å². The number of hydrogen-bond acceptors (Lipinski definition) is 6. The fourth-order valence-electron chi connectivity index (χ4n) is 11.9. The third-order valence-electron chi connectivity index (χ3n) is 14.2. The summed E-state index contributed by atoms with van der Waals surface area (Å²) < 4.78 is 11.3. The summed E-state index contributed by atoms with van der Waals surface area (Å²) in [6.45, 7) is 19.1. The standard InChI is InChI=1S/C35H52O6/c1-21(22(2)36)25-11-16-35(20-41-24(4)38)18-17-33(7)26(30(25)35)9-10-28-31(5)14-13-29(39)32(6,19-40-23(3)37)27(31)12-15-34(28,33)8/h25-28,30H,1,9-20H2,2-8H3/t25-,26+,27+,28+,30+,31-,32-,33+,34+,35+/m0/s1. The number of Topliss-reactive ketones (excluding diaryl/α,β-unsaturated/α-hetero) is 2. The molecule has 5 fully saturated rings. The Morgan fingerprint density at radius 3 is 2.07 bits per heavy atom. The van der Waals surface area contributed by atoms with Gasteiger partial charge in [-0.15, -0.1) is 0 Å². The van der Waals surface area contributed by atoms with Crippen molar-refractivity contribution in [2.24, 2.45) is 56.7 Å². The maximum atomic E-state index is 13.4. The molecular formula is C35H52O6. The van der Waals surface area contributed by atoms with E-state index >= 15 is 0 Å². The first kappa shape index (κ1) is 30.5. The second kappa shape index (κ2) is 10.0. The molecular weight excluding hydrogens is 516 g/mol. The van der Waals surface area contributed by atoms with Gasteiger partial charge < -0.3 is 9.47 Å². The normalized spacial score (nSPS) is 46.8. The van der Waals surface area contributed by atoms with Crippen LogP contribution in [0, 0.1) is 56.7 Å². The van der Waals surface area contributed by atoms with E-state index in [-0.39, 0.29) is 69.5 Å². The average Bonchev–Trinajstić information content (AvgIpc) is 3.28. The van der Waals surface area contributed by atoms with E-state index in [0.717, 1.165) is 63.4 Å². The van der Waals surface area contributed by atoms with E-state index in [0.29, 0.717) is 24.9 Å². The Bertz CT molecular complexity index is 1160. The molecule has 5 rings (SSSR count). The van der Waals surface area contributed by atoms with E-state index in [1.54, 1.807) is 6.92 Å². The van der Waals surface area contributed by atoms with Gasteiger partial charge in [-0.2, -0.15) is 0 Å². The number of fused-ring (bicyclic) bond motifs is 7. The van der Waals surface area contributed by atoms with E-state index in [9.17, 15) is 19.2 Å². The molecule has 0 amide bonds. The predicted octanol–water partition coefficient (Wildman–Crippen LogP) is 6.89. The zero-order valence-electron chi connectivity index (χ0n) is 26.5. The second-order valence-electron chi connectivity index (χ2n) is 15.7. The average molecular weight is 569 g/mol. The summed E-state index contributed by atoms with van der Waals surface area (Å²) in [5.74, 6) is 1.28. The van der Waals surface area contributed by atoms with Crippen LogP contribution in [-0.4, -0.2) is 36.7 Å². The number of rotatable bonds is 6. The molecule has 0 aromatic rings. The molecule has 0 unspecified atom stereocenters. The van der Waals surface area contributed by atoms with E-state index in [1.165, 1.54) is 13.8 Å². The van der Waals surface area contributed by atoms with E-state index < -0.39 is 5.41 Å². The van der Waals surface area contributed by atoms with Crippen LogP contribution >= 0.6 is 0 Å². The van der Waals surface area contributed by atoms with Crippen molar-refractivity contribution in [3.05, 3.63) is 12.2 Å². The van der Waals surface area contributed by atoms with E-state index in [1.807, 2.05) is 0 Å². The zero-order chi connectivity index (χ0) is 30.2. The molecule has 0 radical (unpaired) electrons. The largest absolute Gasteiger partial charge is 0.465 e. The fourth-order valence-corrected chi connectivity index (χ4v) is 11.9. The SMILES string of the molecule is C=C(C(C)=O)[C@@H]1CC[C@]2(COC(C)=O)CC[C@]3(C)[C@H](CC[C@@H]4[C@@]5(C)CCC(=O)[C@@](C)(COC(C)=O)[C@@H]5CC[C@]43C)[C@@H]12. The molecule has 0 spiro atoms. The van der Waals surface area contributed by atoms with Crippen LogP contribution in [0.1, 0.15) is 113 Å². The van der Waals surface area contributed by atoms with Crippen LogP contribution in [-0.2, 0) is 28.7 Å². The van der Waals surface area contributed by atoms with Gasteiger partial charge in [-0.05, 0) is 123 Å². The summed E-state index contributed by atoms with van der Waals surface area (Å²) in [6.07, 6.45) is 9.65. The lowest BCUT2D eigenvalue weighted by atomic mass is 9.32. The van der Waals surface area contributed by atoms with Crippen LogP contribution in [0.4, 0.5) is 0 Å². The molecule has 5 aliphatic rings. The van der Waals surface area contributed by atoms with Crippen molar-refractivity contribution < 1.29 is 28.7 Å². The quantitative estimate of drug-likeness (QED) is 0.256. The number of carbonyl (C=O) groups is 4. The summed E-state index contributed by atoms with van der Waals surface area (Å²) in [6, 6.07) is 0. The molecule has 5 saturated carbocycles. The number of ketones is 2. The molecule has 0 aromatic carbocycles. The van der Waals surface area contributed by atoms with E-state index in [2.05, 4.69) is 34.3 Å². The minimum atomic E-state index is -0.640. The summed E-state index contributed by atoms with van der Waals surface area (Å²) in [5, 5.41) is 0. The zero-order valence-corrected chi connectivity index (χ0v) is 26.5. The van der Waals surface area contributed by atoms with Gasteiger partial charge in [-0.3, -0.25) is 19.2 Å². The summed E-state index contributed by atoms with van der Waals surface area (Å²) in [7, 11) is 0. The smallest absolute Gasteiger partial charge is 0.302 e. The van der Waals surface area contributed by atoms with Gasteiger partial charge in [0.1, 0.15) is 12.4 Å². The van der Waals surface area contributed by atoms with Crippen molar-refractivity contribution >= 4 is 23.5 Å².